The molecule has 3 aromatic rings. The van der Waals surface area contributed by atoms with Crippen molar-refractivity contribution in [2.75, 3.05) is 37.6 Å². The quantitative estimate of drug-likeness (QED) is 0.380. The maximum Gasteiger partial charge on any atom is 0.0668 e. The number of nitrogens with zero attached hydrogens (tertiary/aromatic N) is 4. The molecule has 179 valence electrons. The van der Waals surface area contributed by atoms with Crippen molar-refractivity contribution in [3.05, 3.63) is 76.1 Å². The second kappa shape index (κ2) is 8.81. The van der Waals surface area contributed by atoms with Crippen LogP contribution >= 0.6 is 0 Å². The van der Waals surface area contributed by atoms with E-state index in [9.17, 15) is 10.0 Å². The molecule has 0 saturated carbocycles. The zero-order chi connectivity index (χ0) is 24.1. The van der Waals surface area contributed by atoms with E-state index in [4.69, 9.17) is 0 Å². The van der Waals surface area contributed by atoms with Gasteiger partial charge in [0.25, 0.3) is 0 Å². The number of benzene rings is 2. The summed E-state index contributed by atoms with van der Waals surface area (Å²) in [7, 11) is 0. The van der Waals surface area contributed by atoms with Crippen LogP contribution in [-0.2, 0) is 11.8 Å². The van der Waals surface area contributed by atoms with E-state index in [0.29, 0.717) is 6.54 Å². The molecule has 0 amide bonds. The third-order valence-corrected chi connectivity index (χ3v) is 9.53. The first-order valence-corrected chi connectivity index (χ1v) is 13.6. The Morgan fingerprint density at radius 2 is 1.56 bits per heavy atom. The third-order valence-electron chi connectivity index (χ3n) is 7.29. The zero-order valence-electron chi connectivity index (χ0n) is 20.5. The van der Waals surface area contributed by atoms with Gasteiger partial charge in [-0.1, -0.05) is 6.08 Å². The summed E-state index contributed by atoms with van der Waals surface area (Å²) in [4.78, 5) is 17.6. The normalized spacial score (nSPS) is 20.7. The molecule has 2 aliphatic heterocycles. The molecule has 34 heavy (non-hydrogen) atoms. The average molecular weight is 525 g/mol. The van der Waals surface area contributed by atoms with Gasteiger partial charge in [0, 0.05) is 0 Å². The monoisotopic (exact) mass is 525 g/mol. The standard InChI is InChI=1S/C27H33N4O2Se/c1-26(2)17-21(27(3,4)31(26)33)19-28-13-15-29(16-14-28)22-11-9-20(10-12-22)18-30-25(32)23-7-5-6-8-24(23)34-30/h5-12,17H,13-16,18-19H2,1-4H3. The number of hydrogen-bond donors (Lipinski definition) is 0. The first-order valence-electron chi connectivity index (χ1n) is 12.0. The molecule has 7 heteroatoms. The third kappa shape index (κ3) is 4.32. The molecule has 0 unspecified atom stereocenters. The predicted octanol–water partition coefficient (Wildman–Crippen LogP) is 3.37. The summed E-state index contributed by atoms with van der Waals surface area (Å²) in [6.45, 7) is 13.5. The van der Waals surface area contributed by atoms with Gasteiger partial charge < -0.3 is 0 Å². The van der Waals surface area contributed by atoms with Gasteiger partial charge in [-0.05, 0) is 27.7 Å². The van der Waals surface area contributed by atoms with Crippen molar-refractivity contribution in [2.24, 2.45) is 0 Å². The van der Waals surface area contributed by atoms with E-state index in [1.54, 1.807) is 0 Å². The van der Waals surface area contributed by atoms with Crippen LogP contribution in [0.4, 0.5) is 5.69 Å². The summed E-state index contributed by atoms with van der Waals surface area (Å²) >= 11 is 0.0599. The van der Waals surface area contributed by atoms with E-state index in [-0.39, 0.29) is 20.3 Å². The van der Waals surface area contributed by atoms with Crippen LogP contribution in [-0.4, -0.2) is 72.1 Å². The van der Waals surface area contributed by atoms with E-state index in [2.05, 4.69) is 46.2 Å². The van der Waals surface area contributed by atoms with Gasteiger partial charge in [0.1, 0.15) is 0 Å². The number of hydroxylamine groups is 2. The van der Waals surface area contributed by atoms with Gasteiger partial charge in [-0.2, -0.15) is 0 Å². The van der Waals surface area contributed by atoms with Crippen molar-refractivity contribution in [1.82, 2.24) is 13.5 Å². The molecule has 1 aromatic heterocycles. The van der Waals surface area contributed by atoms with Crippen molar-refractivity contribution < 1.29 is 5.21 Å². The molecule has 2 aromatic carbocycles. The van der Waals surface area contributed by atoms with E-state index >= 15 is 0 Å². The minimum atomic E-state index is -0.449. The maximum absolute atomic E-state index is 12.7. The Morgan fingerprint density at radius 1 is 0.882 bits per heavy atom. The van der Waals surface area contributed by atoms with Gasteiger partial charge in [0.15, 0.2) is 0 Å². The first-order chi connectivity index (χ1) is 16.1. The number of fused-ring (bicyclic) bond motifs is 1. The Balaban J connectivity index is 1.20. The van der Waals surface area contributed by atoms with Crippen molar-refractivity contribution in [3.8, 4) is 0 Å². The van der Waals surface area contributed by atoms with Crippen LogP contribution in [0.15, 0.2) is 65.0 Å². The minimum absolute atomic E-state index is 0.0599. The number of anilines is 1. The second-order valence-electron chi connectivity index (χ2n) is 10.5. The fourth-order valence-corrected chi connectivity index (χ4v) is 7.41. The van der Waals surface area contributed by atoms with Crippen LogP contribution in [0, 0.1) is 0 Å². The SMILES string of the molecule is CC1(C)C=C(CN2CCN(c3ccc(Cn4[se]c5ccccc5c4=O)cc3)CC2)C(C)(C)N1[O]. The fraction of sp³-hybridized carbons (Fsp3) is 0.444. The van der Waals surface area contributed by atoms with Crippen molar-refractivity contribution in [3.63, 3.8) is 0 Å². The van der Waals surface area contributed by atoms with E-state index < -0.39 is 11.1 Å². The molecule has 0 spiro atoms. The van der Waals surface area contributed by atoms with Crippen molar-refractivity contribution in [1.29, 1.82) is 0 Å². The molecular formula is C27H33N4O2Se. The van der Waals surface area contributed by atoms with Crippen LogP contribution in [0.5, 0.6) is 0 Å². The molecule has 1 radical (unpaired) electrons. The molecule has 0 atom stereocenters. The van der Waals surface area contributed by atoms with Gasteiger partial charge in [0.05, 0.1) is 11.1 Å². The van der Waals surface area contributed by atoms with Gasteiger partial charge in [0.2, 0.25) is 0 Å². The maximum atomic E-state index is 12.7. The summed E-state index contributed by atoms with van der Waals surface area (Å²) in [5.41, 5.74) is 2.90. The number of aromatic nitrogens is 1. The van der Waals surface area contributed by atoms with E-state index in [0.717, 1.165) is 38.1 Å². The smallest absolute Gasteiger partial charge is 0.0668 e. The predicted molar refractivity (Wildman–Crippen MR) is 138 cm³/mol. The van der Waals surface area contributed by atoms with Crippen LogP contribution < -0.4 is 10.5 Å². The molecule has 2 aliphatic rings. The number of rotatable bonds is 5. The largest absolute Gasteiger partial charge is 0.136 e. The molecule has 0 bridgehead atoms. The number of piperazine rings is 1. The van der Waals surface area contributed by atoms with Crippen LogP contribution in [0.3, 0.4) is 0 Å². The van der Waals surface area contributed by atoms with E-state index in [1.807, 2.05) is 49.5 Å². The average Bonchev–Trinajstić information content (AvgIpc) is 3.21. The molecule has 0 aliphatic carbocycles. The Hall–Kier alpha value is -2.15. The Kier molecular flexibility index (Phi) is 6.11. The Labute approximate surface area is 207 Å². The second-order valence-corrected chi connectivity index (χ2v) is 12.8. The molecule has 3 heterocycles. The van der Waals surface area contributed by atoms with Crippen molar-refractivity contribution >= 4 is 30.1 Å². The topological polar surface area (TPSA) is 51.6 Å². The molecule has 6 nitrogen and oxygen atoms in total. The summed E-state index contributed by atoms with van der Waals surface area (Å²) in [6, 6.07) is 16.6. The fourth-order valence-electron chi connectivity index (χ4n) is 5.26. The van der Waals surface area contributed by atoms with Crippen molar-refractivity contribution in [2.45, 2.75) is 45.3 Å². The molecule has 1 saturated heterocycles. The van der Waals surface area contributed by atoms with Gasteiger partial charge >= 0.3 is 153 Å². The van der Waals surface area contributed by atoms with E-state index in [1.165, 1.54) is 26.1 Å². The molecule has 5 rings (SSSR count). The Morgan fingerprint density at radius 3 is 2.18 bits per heavy atom. The van der Waals surface area contributed by atoms with Crippen LogP contribution in [0.2, 0.25) is 0 Å². The van der Waals surface area contributed by atoms with Gasteiger partial charge in [-0.25, -0.2) is 0 Å². The van der Waals surface area contributed by atoms with Crippen LogP contribution in [0.1, 0.15) is 33.3 Å². The molecular weight excluding hydrogens is 491 g/mol. The first kappa shape index (κ1) is 23.6. The summed E-state index contributed by atoms with van der Waals surface area (Å²) in [5, 5.41) is 14.8. The van der Waals surface area contributed by atoms with Gasteiger partial charge in [-0.3, -0.25) is 0 Å². The number of hydrogen-bond acceptors (Lipinski definition) is 4. The summed E-state index contributed by atoms with van der Waals surface area (Å²) in [6.07, 6.45) is 2.16. The van der Waals surface area contributed by atoms with Crippen LogP contribution in [0.25, 0.3) is 9.65 Å². The summed E-state index contributed by atoms with van der Waals surface area (Å²) < 4.78 is 3.16. The molecule has 1 fully saturated rings. The molecule has 0 N–H and O–H groups in total. The minimum Gasteiger partial charge on any atom is -0.136 e. The zero-order valence-corrected chi connectivity index (χ0v) is 22.2. The Bertz CT molecular complexity index is 1260. The van der Waals surface area contributed by atoms with Gasteiger partial charge in [-0.15, -0.1) is 10.3 Å². The summed E-state index contributed by atoms with van der Waals surface area (Å²) in [5.74, 6) is 0.